The van der Waals surface area contributed by atoms with E-state index in [2.05, 4.69) is 4.98 Å². The first-order chi connectivity index (χ1) is 11.1. The molecule has 0 bridgehead atoms. The molecule has 0 saturated carbocycles. The van der Waals surface area contributed by atoms with Gasteiger partial charge in [-0.2, -0.15) is 4.31 Å². The van der Waals surface area contributed by atoms with Gasteiger partial charge in [-0.25, -0.2) is 8.42 Å². The Kier molecular flexibility index (Phi) is 4.99. The first-order valence-corrected chi connectivity index (χ1v) is 9.55. The van der Waals surface area contributed by atoms with Gasteiger partial charge in [-0.05, 0) is 48.6 Å². The molecule has 1 aromatic carbocycles. The quantitative estimate of drug-likeness (QED) is 0.848. The van der Waals surface area contributed by atoms with Crippen LogP contribution < -0.4 is 0 Å². The van der Waals surface area contributed by atoms with Gasteiger partial charge < -0.3 is 0 Å². The Balaban J connectivity index is 1.86. The zero-order valence-corrected chi connectivity index (χ0v) is 14.3. The molecular weight excluding hydrogens is 332 g/mol. The highest BCUT2D eigenvalue weighted by molar-refractivity contribution is 7.89. The summed E-state index contributed by atoms with van der Waals surface area (Å²) in [4.78, 5) is 4.20. The Hall–Kier alpha value is -1.43. The lowest BCUT2D eigenvalue weighted by atomic mass is 9.95. The summed E-state index contributed by atoms with van der Waals surface area (Å²) in [6.45, 7) is 1.06. The summed E-state index contributed by atoms with van der Waals surface area (Å²) in [5.41, 5.74) is 1.14. The van der Waals surface area contributed by atoms with Crippen LogP contribution >= 0.6 is 11.6 Å². The number of hydrogen-bond donors (Lipinski definition) is 0. The third-order valence-corrected chi connectivity index (χ3v) is 6.35. The first-order valence-electron chi connectivity index (χ1n) is 7.73. The molecule has 2 heterocycles. The zero-order valence-electron chi connectivity index (χ0n) is 12.7. The van der Waals surface area contributed by atoms with Gasteiger partial charge in [0.25, 0.3) is 0 Å². The fraction of sp³-hybridized carbons (Fsp3) is 0.353. The van der Waals surface area contributed by atoms with Crippen LogP contribution in [0.15, 0.2) is 53.7 Å². The van der Waals surface area contributed by atoms with Crippen molar-refractivity contribution in [2.24, 2.45) is 0 Å². The van der Waals surface area contributed by atoms with Gasteiger partial charge in [0, 0.05) is 30.5 Å². The topological polar surface area (TPSA) is 50.3 Å². The second-order valence-electron chi connectivity index (χ2n) is 5.80. The summed E-state index contributed by atoms with van der Waals surface area (Å²) < 4.78 is 27.3. The fourth-order valence-electron chi connectivity index (χ4n) is 2.98. The van der Waals surface area contributed by atoms with E-state index < -0.39 is 10.0 Å². The summed E-state index contributed by atoms with van der Waals surface area (Å²) >= 11 is 5.95. The van der Waals surface area contributed by atoms with E-state index in [9.17, 15) is 8.42 Å². The van der Waals surface area contributed by atoms with E-state index >= 15 is 0 Å². The molecule has 1 aromatic heterocycles. The maximum Gasteiger partial charge on any atom is 0.244 e. The predicted molar refractivity (Wildman–Crippen MR) is 91.0 cm³/mol. The van der Waals surface area contributed by atoms with Crippen molar-refractivity contribution < 1.29 is 8.42 Å². The second-order valence-corrected chi connectivity index (χ2v) is 8.17. The van der Waals surface area contributed by atoms with E-state index in [-0.39, 0.29) is 10.8 Å². The average Bonchev–Trinajstić information content (AvgIpc) is 2.83. The lowest BCUT2D eigenvalue weighted by Gasteiger charge is -2.24. The van der Waals surface area contributed by atoms with Crippen LogP contribution in [0.25, 0.3) is 0 Å². The smallest absolute Gasteiger partial charge is 0.244 e. The molecule has 1 atom stereocenters. The molecule has 0 spiro atoms. The minimum atomic E-state index is -3.49. The van der Waals surface area contributed by atoms with Crippen LogP contribution in [0.3, 0.4) is 0 Å². The molecule has 0 N–H and O–H groups in total. The number of aromatic nitrogens is 1. The number of benzene rings is 1. The Morgan fingerprint density at radius 1 is 1.13 bits per heavy atom. The Bertz CT molecular complexity index is 748. The third-order valence-electron chi connectivity index (χ3n) is 4.25. The number of nitrogens with zero attached hydrogens (tertiary/aromatic N) is 2. The number of halogens is 1. The number of sulfonamides is 1. The van der Waals surface area contributed by atoms with Gasteiger partial charge in [-0.1, -0.05) is 30.2 Å². The molecule has 4 nitrogen and oxygen atoms in total. The van der Waals surface area contributed by atoms with Crippen molar-refractivity contribution in [2.45, 2.75) is 30.1 Å². The standard InChI is InChI=1S/C17H19ClN2O2S/c18-16-8-6-14(7-9-16)15-4-1-2-11-20(13-15)23(21,22)17-5-3-10-19-12-17/h3,5-10,12,15H,1-2,4,11,13H2/t15-/m0/s1. The second kappa shape index (κ2) is 6.99. The third kappa shape index (κ3) is 3.74. The highest BCUT2D eigenvalue weighted by atomic mass is 35.5. The Labute approximate surface area is 142 Å². The van der Waals surface area contributed by atoms with E-state index in [1.54, 1.807) is 22.6 Å². The van der Waals surface area contributed by atoms with Crippen molar-refractivity contribution >= 4 is 21.6 Å². The molecule has 2 aromatic rings. The number of hydrogen-bond acceptors (Lipinski definition) is 3. The predicted octanol–water partition coefficient (Wildman–Crippen LogP) is 3.69. The summed E-state index contributed by atoms with van der Waals surface area (Å²) in [5.74, 6) is 0.196. The van der Waals surface area contributed by atoms with Crippen molar-refractivity contribution in [1.29, 1.82) is 0 Å². The van der Waals surface area contributed by atoms with Gasteiger partial charge in [0.05, 0.1) is 0 Å². The molecule has 6 heteroatoms. The van der Waals surface area contributed by atoms with E-state index in [1.807, 2.05) is 24.3 Å². The van der Waals surface area contributed by atoms with Crippen molar-refractivity contribution in [2.75, 3.05) is 13.1 Å². The lowest BCUT2D eigenvalue weighted by molar-refractivity contribution is 0.406. The van der Waals surface area contributed by atoms with Crippen LogP contribution in [0.5, 0.6) is 0 Å². The van der Waals surface area contributed by atoms with Gasteiger partial charge in [-0.15, -0.1) is 0 Å². The molecule has 0 amide bonds. The van der Waals surface area contributed by atoms with Crippen molar-refractivity contribution in [3.63, 3.8) is 0 Å². The van der Waals surface area contributed by atoms with E-state index in [0.29, 0.717) is 18.1 Å². The monoisotopic (exact) mass is 350 g/mol. The largest absolute Gasteiger partial charge is 0.263 e. The molecule has 0 aliphatic carbocycles. The minimum Gasteiger partial charge on any atom is -0.263 e. The molecule has 1 aliphatic heterocycles. The summed E-state index contributed by atoms with van der Waals surface area (Å²) in [6.07, 6.45) is 5.88. The van der Waals surface area contributed by atoms with Gasteiger partial charge in [0.2, 0.25) is 10.0 Å². The van der Waals surface area contributed by atoms with Gasteiger partial charge in [0.1, 0.15) is 4.90 Å². The SMILES string of the molecule is O=S(=O)(c1cccnc1)N1CCCC[C@H](c2ccc(Cl)cc2)C1. The average molecular weight is 351 g/mol. The number of pyridine rings is 1. The summed E-state index contributed by atoms with van der Waals surface area (Å²) in [6, 6.07) is 11.0. The number of rotatable bonds is 3. The van der Waals surface area contributed by atoms with Crippen LogP contribution in [0.2, 0.25) is 5.02 Å². The van der Waals surface area contributed by atoms with E-state index in [0.717, 1.165) is 24.8 Å². The van der Waals surface area contributed by atoms with Gasteiger partial charge >= 0.3 is 0 Å². The molecule has 1 fully saturated rings. The maximum absolute atomic E-state index is 12.8. The van der Waals surface area contributed by atoms with Gasteiger partial charge in [0.15, 0.2) is 0 Å². The van der Waals surface area contributed by atoms with Crippen LogP contribution in [0, 0.1) is 0 Å². The minimum absolute atomic E-state index is 0.196. The fourth-order valence-corrected chi connectivity index (χ4v) is 4.60. The highest BCUT2D eigenvalue weighted by Gasteiger charge is 2.29. The Morgan fingerprint density at radius 3 is 2.61 bits per heavy atom. The molecule has 3 rings (SSSR count). The van der Waals surface area contributed by atoms with E-state index in [4.69, 9.17) is 11.6 Å². The molecule has 0 radical (unpaired) electrons. The van der Waals surface area contributed by atoms with Crippen LogP contribution in [0.1, 0.15) is 30.7 Å². The highest BCUT2D eigenvalue weighted by Crippen LogP contribution is 2.30. The maximum atomic E-state index is 12.8. The van der Waals surface area contributed by atoms with Crippen LogP contribution in [-0.2, 0) is 10.0 Å². The first kappa shape index (κ1) is 16.4. The zero-order chi connectivity index (χ0) is 16.3. The van der Waals surface area contributed by atoms with Gasteiger partial charge in [-0.3, -0.25) is 4.98 Å². The molecule has 23 heavy (non-hydrogen) atoms. The van der Waals surface area contributed by atoms with Crippen molar-refractivity contribution in [3.8, 4) is 0 Å². The summed E-state index contributed by atoms with van der Waals surface area (Å²) in [5, 5.41) is 0.696. The Morgan fingerprint density at radius 2 is 1.91 bits per heavy atom. The lowest BCUT2D eigenvalue weighted by Crippen LogP contribution is -2.34. The molecule has 1 saturated heterocycles. The van der Waals surface area contributed by atoms with Crippen LogP contribution in [0.4, 0.5) is 0 Å². The van der Waals surface area contributed by atoms with E-state index in [1.165, 1.54) is 6.20 Å². The van der Waals surface area contributed by atoms with Crippen molar-refractivity contribution in [1.82, 2.24) is 9.29 Å². The molecule has 1 aliphatic rings. The summed E-state index contributed by atoms with van der Waals surface area (Å²) in [7, 11) is -3.49. The molecular formula is C17H19ClN2O2S. The van der Waals surface area contributed by atoms with Crippen LogP contribution in [-0.4, -0.2) is 30.8 Å². The normalized spacial score (nSPS) is 20.1. The molecule has 122 valence electrons. The van der Waals surface area contributed by atoms with Crippen molar-refractivity contribution in [3.05, 3.63) is 59.4 Å². The molecule has 0 unspecified atom stereocenters.